The minimum Gasteiger partial charge on any atom is -0.396 e. The molecule has 0 amide bonds. The quantitative estimate of drug-likeness (QED) is 0.846. The number of sulfone groups is 2. The monoisotopic (exact) mass is 346 g/mol. The molecule has 1 fully saturated rings. The first-order valence-electron chi connectivity index (χ1n) is 7.21. The Morgan fingerprint density at radius 1 is 1.23 bits per heavy atom. The predicted molar refractivity (Wildman–Crippen MR) is 84.8 cm³/mol. The van der Waals surface area contributed by atoms with Crippen LogP contribution in [0.2, 0.25) is 0 Å². The molecule has 0 aromatic heterocycles. The second kappa shape index (κ2) is 5.94. The van der Waals surface area contributed by atoms with Gasteiger partial charge in [-0.3, -0.25) is 0 Å². The van der Waals surface area contributed by atoms with E-state index in [0.717, 1.165) is 12.7 Å². The lowest BCUT2D eigenvalue weighted by atomic mass is 9.60. The van der Waals surface area contributed by atoms with E-state index >= 15 is 0 Å². The maximum Gasteiger partial charge on any atom is 0.195 e. The van der Waals surface area contributed by atoms with E-state index in [1.165, 1.54) is 12.1 Å². The second-order valence-corrected chi connectivity index (χ2v) is 10.9. The molecule has 7 heteroatoms. The lowest BCUT2D eigenvalue weighted by Crippen LogP contribution is -2.51. The third kappa shape index (κ3) is 3.07. The highest BCUT2D eigenvalue weighted by molar-refractivity contribution is 8.08. The van der Waals surface area contributed by atoms with Gasteiger partial charge in [0.25, 0.3) is 0 Å². The highest BCUT2D eigenvalue weighted by atomic mass is 32.3. The molecular formula is C15H22O5S2. The molecule has 1 saturated carbocycles. The molecule has 1 unspecified atom stereocenters. The van der Waals surface area contributed by atoms with Crippen LogP contribution < -0.4 is 0 Å². The molecule has 5 nitrogen and oxygen atoms in total. The molecular weight excluding hydrogens is 324 g/mol. The molecule has 1 aliphatic carbocycles. The molecule has 0 bridgehead atoms. The van der Waals surface area contributed by atoms with E-state index in [-0.39, 0.29) is 11.5 Å². The molecule has 0 saturated heterocycles. The van der Waals surface area contributed by atoms with E-state index in [4.69, 9.17) is 0 Å². The van der Waals surface area contributed by atoms with E-state index in [9.17, 15) is 21.9 Å². The van der Waals surface area contributed by atoms with Crippen molar-refractivity contribution < 1.29 is 21.9 Å². The number of benzene rings is 1. The van der Waals surface area contributed by atoms with E-state index < -0.39 is 35.6 Å². The fourth-order valence-electron chi connectivity index (χ4n) is 3.32. The first kappa shape index (κ1) is 17.4. The molecule has 1 aromatic carbocycles. The maximum atomic E-state index is 12.9. The summed E-state index contributed by atoms with van der Waals surface area (Å²) in [5, 5.41) is 9.19. The average molecular weight is 346 g/mol. The Morgan fingerprint density at radius 3 is 2.23 bits per heavy atom. The standard InChI is InChI=1S/C15H22O5S2/c1-15(10-11-16)9-8-13(15)14(21(2,17)18)22(19,20)12-6-4-3-5-7-12/h3-7,13-14,16H,8-11H2,1-2H3/t13-,14?,15+/m1/s1. The van der Waals surface area contributed by atoms with Gasteiger partial charge in [0.2, 0.25) is 0 Å². The molecule has 124 valence electrons. The van der Waals surface area contributed by atoms with Crippen molar-refractivity contribution in [2.24, 2.45) is 11.3 Å². The van der Waals surface area contributed by atoms with Crippen LogP contribution in [0.1, 0.15) is 26.2 Å². The lowest BCUT2D eigenvalue weighted by Gasteiger charge is -2.49. The van der Waals surface area contributed by atoms with Crippen molar-refractivity contribution in [3.63, 3.8) is 0 Å². The molecule has 22 heavy (non-hydrogen) atoms. The average Bonchev–Trinajstić information content (AvgIpc) is 2.43. The lowest BCUT2D eigenvalue weighted by molar-refractivity contribution is 0.0311. The van der Waals surface area contributed by atoms with Crippen LogP contribution in [0.25, 0.3) is 0 Å². The summed E-state index contributed by atoms with van der Waals surface area (Å²) in [4.78, 5) is 0.0312. The van der Waals surface area contributed by atoms with Crippen molar-refractivity contribution in [3.8, 4) is 0 Å². The third-order valence-corrected chi connectivity index (χ3v) is 9.58. The minimum absolute atomic E-state index is 0.0312. The zero-order valence-electron chi connectivity index (χ0n) is 12.8. The van der Waals surface area contributed by atoms with E-state index in [1.807, 2.05) is 6.92 Å². The number of aliphatic hydroxyl groups excluding tert-OH is 1. The normalized spacial score (nSPS) is 27.1. The molecule has 1 aromatic rings. The molecule has 3 atom stereocenters. The molecule has 0 radical (unpaired) electrons. The molecule has 2 rings (SSSR count). The SMILES string of the molecule is C[C@@]1(CCO)CC[C@@H]1C(S(C)(=O)=O)S(=O)(=O)c1ccccc1. The van der Waals surface area contributed by atoms with Crippen LogP contribution in [0.3, 0.4) is 0 Å². The Labute approximate surface area is 132 Å². The fourth-order valence-corrected chi connectivity index (χ4v) is 8.26. The van der Waals surface area contributed by atoms with E-state index in [1.54, 1.807) is 18.2 Å². The zero-order valence-corrected chi connectivity index (χ0v) is 14.4. The highest BCUT2D eigenvalue weighted by Crippen LogP contribution is 2.53. The van der Waals surface area contributed by atoms with Gasteiger partial charge in [0, 0.05) is 12.9 Å². The van der Waals surface area contributed by atoms with Gasteiger partial charge in [-0.05, 0) is 42.7 Å². The summed E-state index contributed by atoms with van der Waals surface area (Å²) >= 11 is 0. The Hall–Kier alpha value is -0.920. The Morgan fingerprint density at radius 2 is 1.82 bits per heavy atom. The van der Waals surface area contributed by atoms with Crippen LogP contribution >= 0.6 is 0 Å². The van der Waals surface area contributed by atoms with Gasteiger partial charge >= 0.3 is 0 Å². The van der Waals surface area contributed by atoms with Gasteiger partial charge in [-0.2, -0.15) is 0 Å². The van der Waals surface area contributed by atoms with E-state index in [2.05, 4.69) is 0 Å². The van der Waals surface area contributed by atoms with Crippen LogP contribution in [0.5, 0.6) is 0 Å². The summed E-state index contributed by atoms with van der Waals surface area (Å²) in [5.74, 6) is -0.486. The number of aliphatic hydroxyl groups is 1. The first-order chi connectivity index (χ1) is 10.1. The smallest absolute Gasteiger partial charge is 0.195 e. The minimum atomic E-state index is -3.98. The van der Waals surface area contributed by atoms with Crippen LogP contribution in [-0.4, -0.2) is 39.4 Å². The van der Waals surface area contributed by atoms with Crippen molar-refractivity contribution in [3.05, 3.63) is 30.3 Å². The van der Waals surface area contributed by atoms with Gasteiger partial charge in [0.15, 0.2) is 24.3 Å². The summed E-state index contributed by atoms with van der Waals surface area (Å²) in [6, 6.07) is 7.71. The topological polar surface area (TPSA) is 88.5 Å². The van der Waals surface area contributed by atoms with Crippen molar-refractivity contribution in [2.45, 2.75) is 35.7 Å². The predicted octanol–water partition coefficient (Wildman–Crippen LogP) is 1.63. The fraction of sp³-hybridized carbons (Fsp3) is 0.600. The van der Waals surface area contributed by atoms with Crippen LogP contribution in [0.4, 0.5) is 0 Å². The second-order valence-electron chi connectivity index (χ2n) is 6.33. The number of hydrogen-bond acceptors (Lipinski definition) is 5. The van der Waals surface area contributed by atoms with Crippen LogP contribution in [-0.2, 0) is 19.7 Å². The van der Waals surface area contributed by atoms with E-state index in [0.29, 0.717) is 12.8 Å². The highest BCUT2D eigenvalue weighted by Gasteiger charge is 2.54. The summed E-state index contributed by atoms with van der Waals surface area (Å²) in [6.45, 7) is 1.78. The van der Waals surface area contributed by atoms with Gasteiger partial charge in [-0.1, -0.05) is 25.1 Å². The third-order valence-electron chi connectivity index (χ3n) is 4.73. The summed E-state index contributed by atoms with van der Waals surface area (Å²) in [6.07, 6.45) is 2.67. The molecule has 1 aliphatic rings. The van der Waals surface area contributed by atoms with Gasteiger partial charge in [0.05, 0.1) is 4.90 Å². The Balaban J connectivity index is 2.50. The number of hydrogen-bond donors (Lipinski definition) is 1. The summed E-state index contributed by atoms with van der Waals surface area (Å²) in [5.41, 5.74) is -0.454. The van der Waals surface area contributed by atoms with Gasteiger partial charge in [-0.25, -0.2) is 16.8 Å². The molecule has 1 N–H and O–H groups in total. The van der Waals surface area contributed by atoms with Crippen LogP contribution in [0.15, 0.2) is 35.2 Å². The molecule has 0 aliphatic heterocycles. The van der Waals surface area contributed by atoms with Gasteiger partial charge < -0.3 is 5.11 Å². The van der Waals surface area contributed by atoms with Crippen LogP contribution in [0, 0.1) is 11.3 Å². The zero-order chi connectivity index (χ0) is 16.6. The number of rotatable bonds is 6. The van der Waals surface area contributed by atoms with Crippen molar-refractivity contribution in [2.75, 3.05) is 12.9 Å². The van der Waals surface area contributed by atoms with Crippen molar-refractivity contribution >= 4 is 19.7 Å². The Bertz CT molecular complexity index is 724. The van der Waals surface area contributed by atoms with Crippen molar-refractivity contribution in [1.29, 1.82) is 0 Å². The summed E-state index contributed by atoms with van der Waals surface area (Å²) < 4.78 is 48.7. The van der Waals surface area contributed by atoms with Gasteiger partial charge in [-0.15, -0.1) is 0 Å². The molecule has 0 heterocycles. The summed E-state index contributed by atoms with van der Waals surface area (Å²) in [7, 11) is -7.77. The van der Waals surface area contributed by atoms with Gasteiger partial charge in [0.1, 0.15) is 0 Å². The Kier molecular flexibility index (Phi) is 4.71. The molecule has 0 spiro atoms. The maximum absolute atomic E-state index is 12.9. The largest absolute Gasteiger partial charge is 0.396 e. The van der Waals surface area contributed by atoms with Crippen molar-refractivity contribution in [1.82, 2.24) is 0 Å². The first-order valence-corrected chi connectivity index (χ1v) is 10.7.